The summed E-state index contributed by atoms with van der Waals surface area (Å²) in [5, 5.41) is 13.6. The van der Waals surface area contributed by atoms with Gasteiger partial charge in [0.2, 0.25) is 5.91 Å². The van der Waals surface area contributed by atoms with Gasteiger partial charge in [0.25, 0.3) is 0 Å². The van der Waals surface area contributed by atoms with Gasteiger partial charge in [0.05, 0.1) is 6.26 Å². The summed E-state index contributed by atoms with van der Waals surface area (Å²) in [6, 6.07) is 3.35. The van der Waals surface area contributed by atoms with Gasteiger partial charge in [-0.1, -0.05) is 0 Å². The molecule has 1 amide bonds. The number of carbonyl (C=O) groups is 2. The van der Waals surface area contributed by atoms with E-state index in [9.17, 15) is 9.59 Å². The molecule has 17 heavy (non-hydrogen) atoms. The molecule has 6 heteroatoms. The normalized spacial score (nSPS) is 10.2. The maximum absolute atomic E-state index is 11.2. The van der Waals surface area contributed by atoms with Crippen molar-refractivity contribution in [3.8, 4) is 11.3 Å². The Bertz CT molecular complexity index is 556. The van der Waals surface area contributed by atoms with E-state index < -0.39 is 5.97 Å². The number of furan rings is 1. The highest BCUT2D eigenvalue weighted by Crippen LogP contribution is 2.35. The largest absolute Gasteiger partial charge is 0.478 e. The minimum Gasteiger partial charge on any atom is -0.478 e. The average molecular weight is 251 g/mol. The van der Waals surface area contributed by atoms with Crippen molar-refractivity contribution in [1.82, 2.24) is 0 Å². The molecule has 2 rings (SSSR count). The molecule has 0 aromatic carbocycles. The summed E-state index contributed by atoms with van der Waals surface area (Å²) in [6.45, 7) is 1.33. The van der Waals surface area contributed by atoms with Crippen LogP contribution in [0.5, 0.6) is 0 Å². The van der Waals surface area contributed by atoms with Crippen LogP contribution >= 0.6 is 11.3 Å². The van der Waals surface area contributed by atoms with Crippen LogP contribution in [0.25, 0.3) is 11.3 Å². The zero-order valence-corrected chi connectivity index (χ0v) is 9.71. The van der Waals surface area contributed by atoms with E-state index in [1.54, 1.807) is 17.5 Å². The Morgan fingerprint density at radius 2 is 2.24 bits per heavy atom. The fourth-order valence-corrected chi connectivity index (χ4v) is 2.42. The van der Waals surface area contributed by atoms with Crippen molar-refractivity contribution in [1.29, 1.82) is 0 Å². The molecule has 2 N–H and O–H groups in total. The van der Waals surface area contributed by atoms with Crippen LogP contribution in [0.3, 0.4) is 0 Å². The van der Waals surface area contributed by atoms with Crippen molar-refractivity contribution in [2.75, 3.05) is 5.32 Å². The van der Waals surface area contributed by atoms with Gasteiger partial charge in [-0.05, 0) is 12.1 Å². The smallest absolute Gasteiger partial charge is 0.339 e. The van der Waals surface area contributed by atoms with E-state index in [1.807, 2.05) is 0 Å². The predicted octanol–water partition coefficient (Wildman–Crippen LogP) is 2.66. The first-order valence-corrected chi connectivity index (χ1v) is 5.64. The summed E-state index contributed by atoms with van der Waals surface area (Å²) in [5.41, 5.74) is 0.524. The number of thiophene rings is 1. The highest BCUT2D eigenvalue weighted by Gasteiger charge is 2.21. The molecule has 0 atom stereocenters. The Balaban J connectivity index is 2.51. The maximum Gasteiger partial charge on any atom is 0.339 e. The minimum absolute atomic E-state index is 0.0557. The lowest BCUT2D eigenvalue weighted by molar-refractivity contribution is -0.114. The molecule has 88 valence electrons. The number of carboxylic acids is 1. The van der Waals surface area contributed by atoms with Gasteiger partial charge in [0, 0.05) is 17.9 Å². The number of hydrogen-bond acceptors (Lipinski definition) is 4. The SMILES string of the molecule is CC(=O)Nc1scc(-c2ccco2)c1C(=O)O. The molecule has 0 unspecified atom stereocenters. The van der Waals surface area contributed by atoms with Gasteiger partial charge in [-0.25, -0.2) is 4.79 Å². The Morgan fingerprint density at radius 1 is 1.47 bits per heavy atom. The van der Waals surface area contributed by atoms with Crippen molar-refractivity contribution in [2.45, 2.75) is 6.92 Å². The summed E-state index contributed by atoms with van der Waals surface area (Å²) in [7, 11) is 0. The van der Waals surface area contributed by atoms with Crippen LogP contribution in [0.4, 0.5) is 5.00 Å². The number of rotatable bonds is 3. The number of anilines is 1. The Kier molecular flexibility index (Phi) is 2.97. The third-order valence-corrected chi connectivity index (χ3v) is 2.98. The lowest BCUT2D eigenvalue weighted by Crippen LogP contribution is -2.08. The van der Waals surface area contributed by atoms with E-state index in [-0.39, 0.29) is 11.5 Å². The van der Waals surface area contributed by atoms with Crippen molar-refractivity contribution in [3.63, 3.8) is 0 Å². The third-order valence-electron chi connectivity index (χ3n) is 2.08. The number of carbonyl (C=O) groups excluding carboxylic acids is 1. The van der Waals surface area contributed by atoms with Crippen LogP contribution in [0.2, 0.25) is 0 Å². The summed E-state index contributed by atoms with van der Waals surface area (Å²) >= 11 is 1.16. The average Bonchev–Trinajstić information content (AvgIpc) is 2.82. The molecule has 2 aromatic heterocycles. The molecular weight excluding hydrogens is 242 g/mol. The van der Waals surface area contributed by atoms with E-state index in [2.05, 4.69) is 5.32 Å². The molecule has 2 aromatic rings. The quantitative estimate of drug-likeness (QED) is 0.878. The molecule has 0 radical (unpaired) electrons. The van der Waals surface area contributed by atoms with Crippen molar-refractivity contribution >= 4 is 28.2 Å². The first-order valence-electron chi connectivity index (χ1n) is 4.76. The third kappa shape index (κ3) is 2.21. The first kappa shape index (κ1) is 11.4. The molecule has 0 bridgehead atoms. The van der Waals surface area contributed by atoms with Crippen molar-refractivity contribution in [2.24, 2.45) is 0 Å². The van der Waals surface area contributed by atoms with Gasteiger partial charge in [-0.2, -0.15) is 0 Å². The summed E-state index contributed by atoms with van der Waals surface area (Å²) in [4.78, 5) is 22.2. The second kappa shape index (κ2) is 4.42. The number of hydrogen-bond donors (Lipinski definition) is 2. The van der Waals surface area contributed by atoms with Crippen LogP contribution < -0.4 is 5.32 Å². The van der Waals surface area contributed by atoms with E-state index in [0.717, 1.165) is 11.3 Å². The van der Waals surface area contributed by atoms with Gasteiger partial charge in [0.15, 0.2) is 0 Å². The summed E-state index contributed by atoms with van der Waals surface area (Å²) < 4.78 is 5.16. The first-order chi connectivity index (χ1) is 8.09. The Labute approximate surface area is 101 Å². The molecule has 0 aliphatic rings. The van der Waals surface area contributed by atoms with E-state index in [1.165, 1.54) is 13.2 Å². The Hall–Kier alpha value is -2.08. The molecule has 0 saturated carbocycles. The van der Waals surface area contributed by atoms with Gasteiger partial charge >= 0.3 is 5.97 Å². The second-order valence-corrected chi connectivity index (χ2v) is 4.20. The lowest BCUT2D eigenvalue weighted by Gasteiger charge is -2.01. The topological polar surface area (TPSA) is 79.5 Å². The fourth-order valence-electron chi connectivity index (χ4n) is 1.44. The van der Waals surface area contributed by atoms with Crippen molar-refractivity contribution in [3.05, 3.63) is 29.3 Å². The molecule has 0 spiro atoms. The maximum atomic E-state index is 11.2. The number of carboxylic acid groups (broad SMARTS) is 1. The lowest BCUT2D eigenvalue weighted by atomic mass is 10.1. The predicted molar refractivity (Wildman–Crippen MR) is 63.3 cm³/mol. The second-order valence-electron chi connectivity index (χ2n) is 3.32. The standard InChI is InChI=1S/C11H9NO4S/c1-6(13)12-10-9(11(14)15)7(5-17-10)8-3-2-4-16-8/h2-5H,1H3,(H,12,13)(H,14,15). The zero-order chi connectivity index (χ0) is 12.4. The van der Waals surface area contributed by atoms with E-state index in [4.69, 9.17) is 9.52 Å². The molecule has 0 aliphatic heterocycles. The zero-order valence-electron chi connectivity index (χ0n) is 8.89. The molecule has 2 heterocycles. The summed E-state index contributed by atoms with van der Waals surface area (Å²) in [5.74, 6) is -0.933. The molecular formula is C11H9NO4S. The monoisotopic (exact) mass is 251 g/mol. The molecule has 5 nitrogen and oxygen atoms in total. The molecule has 0 aliphatic carbocycles. The Morgan fingerprint density at radius 3 is 2.76 bits per heavy atom. The fraction of sp³-hybridized carbons (Fsp3) is 0.0909. The molecule has 0 saturated heterocycles. The highest BCUT2D eigenvalue weighted by molar-refractivity contribution is 7.15. The van der Waals surface area contributed by atoms with Crippen LogP contribution in [0.1, 0.15) is 17.3 Å². The molecule has 0 fully saturated rings. The van der Waals surface area contributed by atoms with Gasteiger partial charge in [0.1, 0.15) is 16.3 Å². The van der Waals surface area contributed by atoms with E-state index in [0.29, 0.717) is 16.3 Å². The van der Waals surface area contributed by atoms with Crippen LogP contribution in [-0.4, -0.2) is 17.0 Å². The van der Waals surface area contributed by atoms with Crippen LogP contribution in [-0.2, 0) is 4.79 Å². The number of nitrogens with one attached hydrogen (secondary N) is 1. The minimum atomic E-state index is -1.10. The van der Waals surface area contributed by atoms with Crippen LogP contribution in [0, 0.1) is 0 Å². The van der Waals surface area contributed by atoms with Gasteiger partial charge < -0.3 is 14.8 Å². The van der Waals surface area contributed by atoms with E-state index >= 15 is 0 Å². The summed E-state index contributed by atoms with van der Waals surface area (Å²) in [6.07, 6.45) is 1.47. The van der Waals surface area contributed by atoms with Crippen LogP contribution in [0.15, 0.2) is 28.2 Å². The highest BCUT2D eigenvalue weighted by atomic mass is 32.1. The van der Waals surface area contributed by atoms with Crippen molar-refractivity contribution < 1.29 is 19.1 Å². The number of amides is 1. The van der Waals surface area contributed by atoms with Gasteiger partial charge in [-0.3, -0.25) is 4.79 Å². The van der Waals surface area contributed by atoms with Gasteiger partial charge in [-0.15, -0.1) is 11.3 Å². The number of aromatic carboxylic acids is 1.